The maximum Gasteiger partial charge on any atom is 0.162 e. The minimum absolute atomic E-state index is 0.635. The predicted octanol–water partition coefficient (Wildman–Crippen LogP) is 3.15. The van der Waals surface area contributed by atoms with Crippen molar-refractivity contribution in [2.45, 2.75) is 25.7 Å². The average Bonchev–Trinajstić information content (AvgIpc) is 2.54. The van der Waals surface area contributed by atoms with Crippen LogP contribution in [0.3, 0.4) is 0 Å². The lowest BCUT2D eigenvalue weighted by molar-refractivity contribution is 0.666. The number of pyridine rings is 1. The number of aromatic nitrogens is 3. The molecule has 2 aromatic heterocycles. The number of nitrogens with two attached hydrogens (primary N) is 1. The first-order valence-corrected chi connectivity index (χ1v) is 7.32. The number of aryl methyl sites for hydroxylation is 1. The molecule has 0 unspecified atom stereocenters. The molecule has 0 amide bonds. The summed E-state index contributed by atoms with van der Waals surface area (Å²) >= 11 is 0. The van der Waals surface area contributed by atoms with E-state index < -0.39 is 0 Å². The van der Waals surface area contributed by atoms with E-state index in [1.165, 1.54) is 12.8 Å². The topological polar surface area (TPSA) is 64.7 Å². The van der Waals surface area contributed by atoms with Crippen LogP contribution in [0, 0.1) is 0 Å². The van der Waals surface area contributed by atoms with Crippen LogP contribution in [0.25, 0.3) is 22.3 Å². The van der Waals surface area contributed by atoms with E-state index in [-0.39, 0.29) is 0 Å². The fraction of sp³-hybridized carbons (Fsp3) is 0.235. The molecule has 0 radical (unpaired) electrons. The van der Waals surface area contributed by atoms with Gasteiger partial charge in [-0.25, -0.2) is 9.97 Å². The van der Waals surface area contributed by atoms with Crippen LogP contribution >= 0.6 is 0 Å². The molecule has 4 rings (SSSR count). The Morgan fingerprint density at radius 3 is 2.76 bits per heavy atom. The molecule has 4 nitrogen and oxygen atoms in total. The second-order valence-corrected chi connectivity index (χ2v) is 5.44. The molecule has 21 heavy (non-hydrogen) atoms. The Bertz CT molecular complexity index is 821. The molecule has 0 aliphatic heterocycles. The number of anilines is 1. The van der Waals surface area contributed by atoms with Gasteiger partial charge in [0.25, 0.3) is 0 Å². The molecule has 1 aromatic carbocycles. The van der Waals surface area contributed by atoms with Gasteiger partial charge in [0.2, 0.25) is 0 Å². The van der Waals surface area contributed by atoms with Crippen molar-refractivity contribution in [1.82, 2.24) is 15.0 Å². The van der Waals surface area contributed by atoms with Crippen molar-refractivity contribution in [3.63, 3.8) is 0 Å². The molecule has 0 bridgehead atoms. The lowest BCUT2D eigenvalue weighted by Crippen LogP contribution is -2.11. The van der Waals surface area contributed by atoms with Crippen LogP contribution < -0.4 is 5.73 Å². The Morgan fingerprint density at radius 2 is 1.81 bits per heavy atom. The zero-order valence-electron chi connectivity index (χ0n) is 11.7. The molecule has 1 aliphatic carbocycles. The minimum atomic E-state index is 0.635. The summed E-state index contributed by atoms with van der Waals surface area (Å²) in [5.41, 5.74) is 10.4. The van der Waals surface area contributed by atoms with Crippen LogP contribution in [-0.2, 0) is 12.8 Å². The molecule has 2 heterocycles. The smallest absolute Gasteiger partial charge is 0.162 e. The molecule has 4 heteroatoms. The number of rotatable bonds is 1. The summed E-state index contributed by atoms with van der Waals surface area (Å²) in [5, 5.41) is 1.06. The highest BCUT2D eigenvalue weighted by Gasteiger charge is 2.17. The second kappa shape index (κ2) is 4.81. The number of benzene rings is 1. The maximum absolute atomic E-state index is 6.16. The number of hydrogen-bond acceptors (Lipinski definition) is 4. The summed E-state index contributed by atoms with van der Waals surface area (Å²) in [6.07, 6.45) is 6.16. The van der Waals surface area contributed by atoms with Crippen LogP contribution in [0.15, 0.2) is 36.5 Å². The van der Waals surface area contributed by atoms with Crippen LogP contribution in [0.4, 0.5) is 5.82 Å². The Kier molecular flexibility index (Phi) is 2.81. The van der Waals surface area contributed by atoms with Gasteiger partial charge >= 0.3 is 0 Å². The zero-order chi connectivity index (χ0) is 14.2. The Labute approximate surface area is 123 Å². The van der Waals surface area contributed by atoms with Crippen LogP contribution in [-0.4, -0.2) is 15.0 Å². The molecule has 104 valence electrons. The summed E-state index contributed by atoms with van der Waals surface area (Å²) < 4.78 is 0. The van der Waals surface area contributed by atoms with E-state index in [9.17, 15) is 0 Å². The van der Waals surface area contributed by atoms with Crippen LogP contribution in [0.2, 0.25) is 0 Å². The molecule has 3 aromatic rings. The molecular formula is C17H16N4. The van der Waals surface area contributed by atoms with Gasteiger partial charge in [0.05, 0.1) is 5.52 Å². The third kappa shape index (κ3) is 2.03. The van der Waals surface area contributed by atoms with E-state index in [1.807, 2.05) is 24.3 Å². The maximum atomic E-state index is 6.16. The predicted molar refractivity (Wildman–Crippen MR) is 83.8 cm³/mol. The normalized spacial score (nSPS) is 14.1. The van der Waals surface area contributed by atoms with Gasteiger partial charge in [0, 0.05) is 28.4 Å². The molecule has 0 atom stereocenters. The largest absolute Gasteiger partial charge is 0.383 e. The van der Waals surface area contributed by atoms with Gasteiger partial charge in [-0.15, -0.1) is 0 Å². The highest BCUT2D eigenvalue weighted by molar-refractivity contribution is 5.92. The molecule has 0 saturated carbocycles. The fourth-order valence-electron chi connectivity index (χ4n) is 3.03. The van der Waals surface area contributed by atoms with E-state index in [2.05, 4.69) is 16.0 Å². The highest BCUT2D eigenvalue weighted by Crippen LogP contribution is 2.29. The molecule has 1 aliphatic rings. The van der Waals surface area contributed by atoms with Gasteiger partial charge in [0.15, 0.2) is 5.82 Å². The number of nitrogens with zero attached hydrogens (tertiary/aromatic N) is 3. The number of hydrogen-bond donors (Lipinski definition) is 1. The first kappa shape index (κ1) is 12.3. The first-order valence-electron chi connectivity index (χ1n) is 7.32. The zero-order valence-corrected chi connectivity index (χ0v) is 11.7. The van der Waals surface area contributed by atoms with Gasteiger partial charge < -0.3 is 5.73 Å². The Hall–Kier alpha value is -2.49. The van der Waals surface area contributed by atoms with Crippen molar-refractivity contribution in [2.24, 2.45) is 0 Å². The summed E-state index contributed by atoms with van der Waals surface area (Å²) in [6, 6.07) is 10.0. The van der Waals surface area contributed by atoms with E-state index >= 15 is 0 Å². The van der Waals surface area contributed by atoms with E-state index in [0.29, 0.717) is 11.6 Å². The summed E-state index contributed by atoms with van der Waals surface area (Å²) in [4.78, 5) is 13.7. The van der Waals surface area contributed by atoms with Crippen molar-refractivity contribution in [2.75, 3.05) is 5.73 Å². The van der Waals surface area contributed by atoms with Crippen LogP contribution in [0.1, 0.15) is 24.1 Å². The SMILES string of the molecule is Nc1nc(-c2ccnc3ccccc23)nc2c1CCCC2. The number of fused-ring (bicyclic) bond motifs is 2. The standard InChI is InChI=1S/C17H16N4/c18-16-13-6-2-4-8-15(13)20-17(21-16)12-9-10-19-14-7-3-1-5-11(12)14/h1,3,5,7,9-10H,2,4,6,8H2,(H2,18,20,21). The summed E-state index contributed by atoms with van der Waals surface area (Å²) in [5.74, 6) is 1.35. The van der Waals surface area contributed by atoms with Gasteiger partial charge in [-0.2, -0.15) is 0 Å². The van der Waals surface area contributed by atoms with Crippen molar-refractivity contribution >= 4 is 16.7 Å². The molecule has 0 saturated heterocycles. The number of para-hydroxylation sites is 1. The van der Waals surface area contributed by atoms with E-state index in [1.54, 1.807) is 6.20 Å². The van der Waals surface area contributed by atoms with E-state index in [0.717, 1.165) is 40.6 Å². The van der Waals surface area contributed by atoms with Crippen molar-refractivity contribution in [1.29, 1.82) is 0 Å². The average molecular weight is 276 g/mol. The van der Waals surface area contributed by atoms with Crippen molar-refractivity contribution in [3.05, 3.63) is 47.8 Å². The monoisotopic (exact) mass is 276 g/mol. The summed E-state index contributed by atoms with van der Waals surface area (Å²) in [7, 11) is 0. The lowest BCUT2D eigenvalue weighted by atomic mass is 9.96. The highest BCUT2D eigenvalue weighted by atomic mass is 15.0. The second-order valence-electron chi connectivity index (χ2n) is 5.44. The van der Waals surface area contributed by atoms with Crippen LogP contribution in [0.5, 0.6) is 0 Å². The van der Waals surface area contributed by atoms with Gasteiger partial charge in [-0.1, -0.05) is 18.2 Å². The number of nitrogen functional groups attached to an aromatic ring is 1. The quantitative estimate of drug-likeness (QED) is 0.741. The third-order valence-electron chi connectivity index (χ3n) is 4.11. The summed E-state index contributed by atoms with van der Waals surface area (Å²) in [6.45, 7) is 0. The van der Waals surface area contributed by atoms with Gasteiger partial charge in [0.1, 0.15) is 5.82 Å². The fourth-order valence-corrected chi connectivity index (χ4v) is 3.03. The van der Waals surface area contributed by atoms with Crippen molar-refractivity contribution < 1.29 is 0 Å². The molecule has 0 spiro atoms. The Morgan fingerprint density at radius 1 is 0.952 bits per heavy atom. The lowest BCUT2D eigenvalue weighted by Gasteiger charge is -2.17. The Balaban J connectivity index is 1.95. The third-order valence-corrected chi connectivity index (χ3v) is 4.11. The van der Waals surface area contributed by atoms with E-state index in [4.69, 9.17) is 10.7 Å². The molecule has 2 N–H and O–H groups in total. The minimum Gasteiger partial charge on any atom is -0.383 e. The van der Waals surface area contributed by atoms with Gasteiger partial charge in [-0.05, 0) is 37.8 Å². The first-order chi connectivity index (χ1) is 10.3. The molecule has 0 fully saturated rings. The van der Waals surface area contributed by atoms with Crippen molar-refractivity contribution in [3.8, 4) is 11.4 Å². The molecular weight excluding hydrogens is 260 g/mol. The van der Waals surface area contributed by atoms with Gasteiger partial charge in [-0.3, -0.25) is 4.98 Å².